The van der Waals surface area contributed by atoms with Crippen LogP contribution in [0.5, 0.6) is 0 Å². The summed E-state index contributed by atoms with van der Waals surface area (Å²) in [6.07, 6.45) is 0.0441. The third kappa shape index (κ3) is 6.20. The molecule has 200 valence electrons. The van der Waals surface area contributed by atoms with Crippen LogP contribution in [0.25, 0.3) is 11.3 Å². The van der Waals surface area contributed by atoms with E-state index in [1.165, 1.54) is 12.4 Å². The predicted octanol–water partition coefficient (Wildman–Crippen LogP) is 5.16. The monoisotopic (exact) mass is 519 g/mol. The number of nitrogens with zero attached hydrogens (tertiary/aromatic N) is 5. The van der Waals surface area contributed by atoms with Crippen molar-refractivity contribution in [2.24, 2.45) is 0 Å². The van der Waals surface area contributed by atoms with E-state index in [1.807, 2.05) is 11.5 Å². The summed E-state index contributed by atoms with van der Waals surface area (Å²) in [6, 6.07) is 3.04. The van der Waals surface area contributed by atoms with Crippen molar-refractivity contribution in [1.82, 2.24) is 24.8 Å². The first kappa shape index (κ1) is 26.8. The zero-order valence-electron chi connectivity index (χ0n) is 21.5. The summed E-state index contributed by atoms with van der Waals surface area (Å²) >= 11 is 0. The minimum atomic E-state index is -4.78. The lowest BCUT2D eigenvalue weighted by molar-refractivity contribution is -0.139. The summed E-state index contributed by atoms with van der Waals surface area (Å²) in [5, 5.41) is 3.44. The van der Waals surface area contributed by atoms with E-state index in [0.717, 1.165) is 55.3 Å². The second-order valence-corrected chi connectivity index (χ2v) is 10.5. The second kappa shape index (κ2) is 10.3. The lowest BCUT2D eigenvalue weighted by Gasteiger charge is -2.33. The molecule has 4 rings (SSSR count). The van der Waals surface area contributed by atoms with Crippen molar-refractivity contribution in [1.29, 1.82) is 0 Å². The van der Waals surface area contributed by atoms with Crippen LogP contribution in [0.4, 0.5) is 29.2 Å². The van der Waals surface area contributed by atoms with Gasteiger partial charge in [0.05, 0.1) is 11.3 Å². The Bertz CT molecular complexity index is 1240. The summed E-state index contributed by atoms with van der Waals surface area (Å²) in [4.78, 5) is 15.4. The number of alkyl halides is 3. The average molecular weight is 520 g/mol. The fourth-order valence-corrected chi connectivity index (χ4v) is 4.65. The number of benzene rings is 1. The molecule has 1 fully saturated rings. The number of aromatic nitrogens is 4. The second-order valence-electron chi connectivity index (χ2n) is 10.5. The minimum absolute atomic E-state index is 0.0786. The van der Waals surface area contributed by atoms with Gasteiger partial charge in [-0.1, -0.05) is 0 Å². The Hall–Kier alpha value is -3.21. The van der Waals surface area contributed by atoms with Crippen molar-refractivity contribution in [3.05, 3.63) is 53.5 Å². The first-order valence-corrected chi connectivity index (χ1v) is 12.3. The summed E-state index contributed by atoms with van der Waals surface area (Å²) in [5.41, 5.74) is 6.07. The molecular weight excluding hydrogens is 486 g/mol. The lowest BCUT2D eigenvalue weighted by atomic mass is 9.95. The van der Waals surface area contributed by atoms with Gasteiger partial charge >= 0.3 is 6.18 Å². The van der Waals surface area contributed by atoms with Crippen LogP contribution in [0.1, 0.15) is 56.5 Å². The van der Waals surface area contributed by atoms with Gasteiger partial charge in [0.15, 0.2) is 0 Å². The molecule has 0 unspecified atom stereocenters. The van der Waals surface area contributed by atoms with Crippen LogP contribution in [-0.2, 0) is 12.7 Å². The Labute approximate surface area is 214 Å². The van der Waals surface area contributed by atoms with E-state index < -0.39 is 17.6 Å². The third-order valence-corrected chi connectivity index (χ3v) is 6.64. The standard InChI is InChI=1S/C26H33F4N7/c1-16-22(31)32-15-33-23(16)36-10-7-17(8-11-36)24-35-21(14-37(24)12-9-34-25(2,3)4)18-5-6-20(27)19(13-18)26(28,29)30/h5-6,13-15,17,34H,7-12H2,1-4H3,(H2,31,32,33). The van der Waals surface area contributed by atoms with Crippen molar-refractivity contribution in [2.45, 2.75) is 64.7 Å². The van der Waals surface area contributed by atoms with Gasteiger partial charge in [-0.2, -0.15) is 13.2 Å². The molecule has 11 heteroatoms. The molecule has 3 aromatic rings. The van der Waals surface area contributed by atoms with E-state index in [0.29, 0.717) is 24.6 Å². The third-order valence-electron chi connectivity index (χ3n) is 6.64. The van der Waals surface area contributed by atoms with Crippen molar-refractivity contribution in [3.8, 4) is 11.3 Å². The molecule has 37 heavy (non-hydrogen) atoms. The minimum Gasteiger partial charge on any atom is -0.383 e. The highest BCUT2D eigenvalue weighted by atomic mass is 19.4. The number of nitrogen functional groups attached to an aromatic ring is 1. The number of imidazole rings is 1. The topological polar surface area (TPSA) is 84.9 Å². The van der Waals surface area contributed by atoms with Crippen LogP contribution in [0.2, 0.25) is 0 Å². The molecule has 1 aliphatic heterocycles. The van der Waals surface area contributed by atoms with Crippen LogP contribution in [0.15, 0.2) is 30.7 Å². The number of anilines is 2. The molecule has 2 aromatic heterocycles. The Kier molecular flexibility index (Phi) is 7.45. The molecule has 3 N–H and O–H groups in total. The molecule has 0 atom stereocenters. The van der Waals surface area contributed by atoms with E-state index in [1.54, 1.807) is 6.20 Å². The zero-order chi connectivity index (χ0) is 27.0. The molecule has 1 saturated heterocycles. The molecule has 0 amide bonds. The van der Waals surface area contributed by atoms with Gasteiger partial charge in [0.2, 0.25) is 0 Å². The summed E-state index contributed by atoms with van der Waals surface area (Å²) < 4.78 is 55.9. The summed E-state index contributed by atoms with van der Waals surface area (Å²) in [6.45, 7) is 10.9. The molecule has 0 spiro atoms. The van der Waals surface area contributed by atoms with Gasteiger partial charge in [0, 0.05) is 55.0 Å². The molecule has 0 radical (unpaired) electrons. The van der Waals surface area contributed by atoms with Crippen molar-refractivity contribution >= 4 is 11.6 Å². The van der Waals surface area contributed by atoms with Crippen LogP contribution in [-0.4, -0.2) is 44.7 Å². The lowest BCUT2D eigenvalue weighted by Crippen LogP contribution is -2.38. The average Bonchev–Trinajstić information content (AvgIpc) is 3.24. The summed E-state index contributed by atoms with van der Waals surface area (Å²) in [7, 11) is 0. The van der Waals surface area contributed by atoms with E-state index in [2.05, 4.69) is 41.0 Å². The number of nitrogens with one attached hydrogen (secondary N) is 1. The van der Waals surface area contributed by atoms with Gasteiger partial charge in [-0.05, 0) is 58.7 Å². The van der Waals surface area contributed by atoms with Gasteiger partial charge in [-0.15, -0.1) is 0 Å². The smallest absolute Gasteiger partial charge is 0.383 e. The van der Waals surface area contributed by atoms with Gasteiger partial charge in [0.1, 0.15) is 29.6 Å². The number of piperidine rings is 1. The van der Waals surface area contributed by atoms with Crippen LogP contribution in [0.3, 0.4) is 0 Å². The normalized spacial score (nSPS) is 15.4. The highest BCUT2D eigenvalue weighted by molar-refractivity contribution is 5.60. The van der Waals surface area contributed by atoms with Crippen molar-refractivity contribution < 1.29 is 17.6 Å². The first-order valence-electron chi connectivity index (χ1n) is 12.3. The number of rotatable bonds is 6. The predicted molar refractivity (Wildman–Crippen MR) is 136 cm³/mol. The fourth-order valence-electron chi connectivity index (χ4n) is 4.65. The first-order chi connectivity index (χ1) is 17.3. The molecule has 3 heterocycles. The van der Waals surface area contributed by atoms with Crippen molar-refractivity contribution in [3.63, 3.8) is 0 Å². The number of nitrogens with two attached hydrogens (primary N) is 1. The molecule has 7 nitrogen and oxygen atoms in total. The summed E-state index contributed by atoms with van der Waals surface area (Å²) in [5.74, 6) is 0.911. The molecule has 0 aliphatic carbocycles. The highest BCUT2D eigenvalue weighted by Crippen LogP contribution is 2.36. The number of hydrogen-bond acceptors (Lipinski definition) is 6. The van der Waals surface area contributed by atoms with E-state index in [-0.39, 0.29) is 17.0 Å². The van der Waals surface area contributed by atoms with Gasteiger partial charge in [-0.3, -0.25) is 0 Å². The fraction of sp³-hybridized carbons (Fsp3) is 0.500. The maximum atomic E-state index is 13.9. The van der Waals surface area contributed by atoms with Crippen LogP contribution >= 0.6 is 0 Å². The highest BCUT2D eigenvalue weighted by Gasteiger charge is 2.35. The SMILES string of the molecule is Cc1c(N)ncnc1N1CCC(c2nc(-c3ccc(F)c(C(F)(F)F)c3)cn2CCNC(C)(C)C)CC1. The zero-order valence-corrected chi connectivity index (χ0v) is 21.5. The Morgan fingerprint density at radius 3 is 2.46 bits per heavy atom. The molecule has 1 aromatic carbocycles. The van der Waals surface area contributed by atoms with E-state index >= 15 is 0 Å². The maximum Gasteiger partial charge on any atom is 0.419 e. The Balaban J connectivity index is 1.60. The van der Waals surface area contributed by atoms with Gasteiger partial charge in [-0.25, -0.2) is 19.3 Å². The molecule has 0 saturated carbocycles. The van der Waals surface area contributed by atoms with Crippen LogP contribution in [0, 0.1) is 12.7 Å². The molecule has 1 aliphatic rings. The molecular formula is C26H33F4N7. The Morgan fingerprint density at radius 2 is 1.81 bits per heavy atom. The van der Waals surface area contributed by atoms with E-state index in [9.17, 15) is 17.6 Å². The number of halogens is 4. The number of hydrogen-bond donors (Lipinski definition) is 2. The van der Waals surface area contributed by atoms with Crippen molar-refractivity contribution in [2.75, 3.05) is 30.3 Å². The molecule has 0 bridgehead atoms. The van der Waals surface area contributed by atoms with Gasteiger partial charge in [0.25, 0.3) is 0 Å². The largest absolute Gasteiger partial charge is 0.419 e. The Morgan fingerprint density at radius 1 is 1.11 bits per heavy atom. The maximum absolute atomic E-state index is 13.9. The quantitative estimate of drug-likeness (QED) is 0.438. The van der Waals surface area contributed by atoms with E-state index in [4.69, 9.17) is 10.7 Å². The van der Waals surface area contributed by atoms with Gasteiger partial charge < -0.3 is 20.5 Å². The van der Waals surface area contributed by atoms with Crippen LogP contribution < -0.4 is 16.0 Å².